The number of nitrogens with zero attached hydrogens (tertiary/aromatic N) is 7. The molecule has 5 rings (SSSR count). The Morgan fingerprint density at radius 1 is 1.00 bits per heavy atom. The van der Waals surface area contributed by atoms with Crippen molar-refractivity contribution in [3.63, 3.8) is 0 Å². The van der Waals surface area contributed by atoms with Gasteiger partial charge in [-0.05, 0) is 43.8 Å². The quantitative estimate of drug-likeness (QED) is 0.520. The summed E-state index contributed by atoms with van der Waals surface area (Å²) >= 11 is 0. The Kier molecular flexibility index (Phi) is 5.47. The molecule has 0 radical (unpaired) electrons. The minimum atomic E-state index is -0.220. The van der Waals surface area contributed by atoms with Crippen molar-refractivity contribution < 1.29 is 4.79 Å². The summed E-state index contributed by atoms with van der Waals surface area (Å²) in [6.45, 7) is 5.69. The summed E-state index contributed by atoms with van der Waals surface area (Å²) in [5.74, 6) is 1.05. The minimum absolute atomic E-state index is 0.220. The predicted molar refractivity (Wildman–Crippen MR) is 128 cm³/mol. The number of carbonyl (C=O) groups is 1. The molecule has 33 heavy (non-hydrogen) atoms. The Morgan fingerprint density at radius 3 is 2.58 bits per heavy atom. The van der Waals surface area contributed by atoms with E-state index in [1.807, 2.05) is 50.6 Å². The minimum Gasteiger partial charge on any atom is -0.354 e. The monoisotopic (exact) mass is 442 g/mol. The maximum absolute atomic E-state index is 13.1. The second kappa shape index (κ2) is 8.59. The van der Waals surface area contributed by atoms with Crippen molar-refractivity contribution in [2.24, 2.45) is 7.05 Å². The molecule has 4 heterocycles. The highest BCUT2D eigenvalue weighted by Crippen LogP contribution is 2.25. The second-order valence-electron chi connectivity index (χ2n) is 8.46. The molecule has 1 aliphatic rings. The zero-order chi connectivity index (χ0) is 22.9. The van der Waals surface area contributed by atoms with Gasteiger partial charge in [-0.2, -0.15) is 5.10 Å². The normalized spacial score (nSPS) is 14.6. The van der Waals surface area contributed by atoms with Gasteiger partial charge in [0.15, 0.2) is 5.82 Å². The molecule has 9 nitrogen and oxygen atoms in total. The number of fused-ring (bicyclic) bond motifs is 1. The van der Waals surface area contributed by atoms with Crippen LogP contribution in [-0.2, 0) is 7.05 Å². The number of aryl methyl sites for hydroxylation is 1. The van der Waals surface area contributed by atoms with E-state index in [9.17, 15) is 4.79 Å². The molecule has 4 aromatic rings. The molecule has 9 heteroatoms. The van der Waals surface area contributed by atoms with Gasteiger partial charge < -0.3 is 15.1 Å². The van der Waals surface area contributed by atoms with E-state index in [4.69, 9.17) is 0 Å². The highest BCUT2D eigenvalue weighted by Gasteiger charge is 2.20. The van der Waals surface area contributed by atoms with Gasteiger partial charge in [-0.1, -0.05) is 6.07 Å². The van der Waals surface area contributed by atoms with E-state index < -0.39 is 0 Å². The maximum atomic E-state index is 13.1. The molecule has 1 aromatic carbocycles. The van der Waals surface area contributed by atoms with Crippen molar-refractivity contribution in [1.29, 1.82) is 0 Å². The first kappa shape index (κ1) is 21.0. The summed E-state index contributed by atoms with van der Waals surface area (Å²) in [7, 11) is 4.01. The zero-order valence-corrected chi connectivity index (χ0v) is 19.0. The molecule has 0 atom stereocenters. The standard InChI is InChI=1S/C24H26N8O/c1-16-20(6-7-25-23(16)32-10-8-30(2)9-11-32)24(33)27-22-13-18-12-17(4-5-21(18)28-29-22)19-14-26-31(3)15-19/h4-7,12-15H,8-11H2,1-3H3,(H,27,29,33). The Balaban J connectivity index is 1.39. The van der Waals surface area contributed by atoms with Crippen molar-refractivity contribution in [1.82, 2.24) is 29.9 Å². The first-order chi connectivity index (χ1) is 16.0. The Labute approximate surface area is 192 Å². The molecule has 0 spiro atoms. The number of pyridine rings is 1. The lowest BCUT2D eigenvalue weighted by Crippen LogP contribution is -2.45. The van der Waals surface area contributed by atoms with Crippen LogP contribution >= 0.6 is 0 Å². The molecule has 0 aliphatic carbocycles. The molecule has 0 bridgehead atoms. The number of aromatic nitrogens is 5. The van der Waals surface area contributed by atoms with E-state index in [0.717, 1.165) is 59.6 Å². The summed E-state index contributed by atoms with van der Waals surface area (Å²) in [5, 5.41) is 16.5. The zero-order valence-electron chi connectivity index (χ0n) is 19.0. The molecule has 1 saturated heterocycles. The lowest BCUT2D eigenvalue weighted by molar-refractivity contribution is 0.102. The van der Waals surface area contributed by atoms with Crippen LogP contribution in [0.4, 0.5) is 11.6 Å². The summed E-state index contributed by atoms with van der Waals surface area (Å²) in [4.78, 5) is 22.2. The first-order valence-corrected chi connectivity index (χ1v) is 10.9. The fraction of sp³-hybridized carbons (Fsp3) is 0.292. The average Bonchev–Trinajstić information content (AvgIpc) is 3.25. The van der Waals surface area contributed by atoms with Gasteiger partial charge in [-0.15, -0.1) is 10.2 Å². The van der Waals surface area contributed by atoms with Crippen molar-refractivity contribution in [2.45, 2.75) is 6.92 Å². The van der Waals surface area contributed by atoms with Crippen molar-refractivity contribution in [3.05, 3.63) is 60.0 Å². The van der Waals surface area contributed by atoms with Gasteiger partial charge in [-0.25, -0.2) is 4.98 Å². The van der Waals surface area contributed by atoms with E-state index >= 15 is 0 Å². The molecule has 3 aromatic heterocycles. The highest BCUT2D eigenvalue weighted by molar-refractivity contribution is 6.06. The SMILES string of the molecule is Cc1c(C(=O)Nc2cc3cc(-c4cnn(C)c4)ccc3nn2)ccnc1N1CCN(C)CC1. The molecule has 0 unspecified atom stereocenters. The van der Waals surface area contributed by atoms with Crippen molar-refractivity contribution in [2.75, 3.05) is 43.4 Å². The Bertz CT molecular complexity index is 1320. The van der Waals surface area contributed by atoms with Crippen LogP contribution in [0.15, 0.2) is 48.9 Å². The Hall–Kier alpha value is -3.85. The van der Waals surface area contributed by atoms with E-state index in [0.29, 0.717) is 11.4 Å². The van der Waals surface area contributed by atoms with Crippen LogP contribution in [0, 0.1) is 6.92 Å². The number of benzene rings is 1. The fourth-order valence-corrected chi connectivity index (χ4v) is 4.15. The van der Waals surface area contributed by atoms with Crippen LogP contribution in [-0.4, -0.2) is 69.0 Å². The number of likely N-dealkylation sites (N-methyl/N-ethyl adjacent to an activating group) is 1. The molecule has 1 aliphatic heterocycles. The van der Waals surface area contributed by atoms with E-state index in [1.54, 1.807) is 16.9 Å². The molecule has 168 valence electrons. The van der Waals surface area contributed by atoms with Gasteiger partial charge in [0, 0.05) is 67.7 Å². The third-order valence-corrected chi connectivity index (χ3v) is 6.09. The van der Waals surface area contributed by atoms with Gasteiger partial charge in [0.2, 0.25) is 0 Å². The van der Waals surface area contributed by atoms with E-state index in [2.05, 4.69) is 42.4 Å². The first-order valence-electron chi connectivity index (χ1n) is 10.9. The number of rotatable bonds is 4. The van der Waals surface area contributed by atoms with Crippen LogP contribution < -0.4 is 10.2 Å². The van der Waals surface area contributed by atoms with Crippen molar-refractivity contribution >= 4 is 28.4 Å². The van der Waals surface area contributed by atoms with Crippen molar-refractivity contribution in [3.8, 4) is 11.1 Å². The number of anilines is 2. The number of hydrogen-bond donors (Lipinski definition) is 1. The van der Waals surface area contributed by atoms with E-state index in [1.165, 1.54) is 0 Å². The number of carbonyl (C=O) groups excluding carboxylic acids is 1. The highest BCUT2D eigenvalue weighted by atomic mass is 16.1. The van der Waals surface area contributed by atoms with Gasteiger partial charge in [0.05, 0.1) is 11.7 Å². The topological polar surface area (TPSA) is 92.1 Å². The summed E-state index contributed by atoms with van der Waals surface area (Å²) in [6, 6.07) is 9.54. The molecular formula is C24H26N8O. The molecule has 1 amide bonds. The number of nitrogens with one attached hydrogen (secondary N) is 1. The van der Waals surface area contributed by atoms with Crippen LogP contribution in [0.5, 0.6) is 0 Å². The third-order valence-electron chi connectivity index (χ3n) is 6.09. The number of amides is 1. The molecule has 1 N–H and O–H groups in total. The fourth-order valence-electron chi connectivity index (χ4n) is 4.15. The number of piperazine rings is 1. The molecular weight excluding hydrogens is 416 g/mol. The summed E-state index contributed by atoms with van der Waals surface area (Å²) < 4.78 is 1.77. The largest absolute Gasteiger partial charge is 0.354 e. The predicted octanol–water partition coefficient (Wildman–Crippen LogP) is 2.74. The van der Waals surface area contributed by atoms with Gasteiger partial charge >= 0.3 is 0 Å². The molecule has 1 fully saturated rings. The van der Waals surface area contributed by atoms with Crippen LogP contribution in [0.3, 0.4) is 0 Å². The van der Waals surface area contributed by atoms with Crippen LogP contribution in [0.1, 0.15) is 15.9 Å². The average molecular weight is 443 g/mol. The van der Waals surface area contributed by atoms with Crippen LogP contribution in [0.25, 0.3) is 22.0 Å². The third kappa shape index (κ3) is 4.27. The number of hydrogen-bond acceptors (Lipinski definition) is 7. The lowest BCUT2D eigenvalue weighted by Gasteiger charge is -2.34. The lowest BCUT2D eigenvalue weighted by atomic mass is 10.1. The van der Waals surface area contributed by atoms with Crippen LogP contribution in [0.2, 0.25) is 0 Å². The summed E-state index contributed by atoms with van der Waals surface area (Å²) in [5.41, 5.74) is 4.27. The van der Waals surface area contributed by atoms with Gasteiger partial charge in [0.25, 0.3) is 5.91 Å². The van der Waals surface area contributed by atoms with E-state index in [-0.39, 0.29) is 5.91 Å². The summed E-state index contributed by atoms with van der Waals surface area (Å²) in [6.07, 6.45) is 5.48. The Morgan fingerprint density at radius 2 is 1.82 bits per heavy atom. The van der Waals surface area contributed by atoms with Gasteiger partial charge in [0.1, 0.15) is 5.82 Å². The second-order valence-corrected chi connectivity index (χ2v) is 8.46. The molecule has 0 saturated carbocycles. The maximum Gasteiger partial charge on any atom is 0.257 e. The van der Waals surface area contributed by atoms with Gasteiger partial charge in [-0.3, -0.25) is 9.48 Å². The smallest absolute Gasteiger partial charge is 0.257 e.